The molecular weight excluding hydrogens is 434 g/mol. The molecule has 2 aromatic heterocycles. The van der Waals surface area contributed by atoms with Crippen LogP contribution in [0.3, 0.4) is 0 Å². The SMILES string of the molecule is COc1cc(CNC(=O)CCc2c(C)nc3c(C#N)cnn3c2C)ccc1OCC1CCCO1. The number of benzene rings is 1. The predicted molar refractivity (Wildman–Crippen MR) is 125 cm³/mol. The Kier molecular flexibility index (Phi) is 7.28. The van der Waals surface area contributed by atoms with E-state index >= 15 is 0 Å². The van der Waals surface area contributed by atoms with Crippen LogP contribution in [0, 0.1) is 25.2 Å². The fraction of sp³-hybridized carbons (Fsp3) is 0.440. The summed E-state index contributed by atoms with van der Waals surface area (Å²) >= 11 is 0. The van der Waals surface area contributed by atoms with Gasteiger partial charge < -0.3 is 19.5 Å². The number of nitrogens with one attached hydrogen (secondary N) is 1. The highest BCUT2D eigenvalue weighted by Crippen LogP contribution is 2.29. The summed E-state index contributed by atoms with van der Waals surface area (Å²) in [6.45, 7) is 5.50. The molecule has 3 aromatic rings. The van der Waals surface area contributed by atoms with Crippen molar-refractivity contribution in [3.05, 3.63) is 52.5 Å². The summed E-state index contributed by atoms with van der Waals surface area (Å²) in [6.07, 6.45) is 4.58. The van der Waals surface area contributed by atoms with E-state index in [2.05, 4.69) is 21.5 Å². The number of hydrogen-bond donors (Lipinski definition) is 1. The Balaban J connectivity index is 1.33. The van der Waals surface area contributed by atoms with E-state index < -0.39 is 0 Å². The van der Waals surface area contributed by atoms with Crippen LogP contribution in [0.5, 0.6) is 11.5 Å². The van der Waals surface area contributed by atoms with Gasteiger partial charge in [-0.15, -0.1) is 0 Å². The number of fused-ring (bicyclic) bond motifs is 1. The van der Waals surface area contributed by atoms with Gasteiger partial charge in [-0.05, 0) is 56.4 Å². The molecule has 1 atom stereocenters. The van der Waals surface area contributed by atoms with Gasteiger partial charge in [0.15, 0.2) is 17.1 Å². The van der Waals surface area contributed by atoms with Gasteiger partial charge in [-0.1, -0.05) is 6.07 Å². The minimum Gasteiger partial charge on any atom is -0.493 e. The number of amides is 1. The fourth-order valence-electron chi connectivity index (χ4n) is 4.18. The third-order valence-electron chi connectivity index (χ3n) is 6.10. The van der Waals surface area contributed by atoms with Crippen molar-refractivity contribution in [3.8, 4) is 17.6 Å². The van der Waals surface area contributed by atoms with E-state index in [1.165, 1.54) is 6.20 Å². The quantitative estimate of drug-likeness (QED) is 0.519. The van der Waals surface area contributed by atoms with Gasteiger partial charge in [0.05, 0.1) is 19.4 Å². The Morgan fingerprint density at radius 3 is 2.94 bits per heavy atom. The molecule has 9 nitrogen and oxygen atoms in total. The van der Waals surface area contributed by atoms with Crippen LogP contribution in [0.25, 0.3) is 5.65 Å². The smallest absolute Gasteiger partial charge is 0.220 e. The van der Waals surface area contributed by atoms with E-state index in [1.807, 2.05) is 32.0 Å². The van der Waals surface area contributed by atoms with Gasteiger partial charge in [0.25, 0.3) is 0 Å². The van der Waals surface area contributed by atoms with E-state index in [-0.39, 0.29) is 12.0 Å². The lowest BCUT2D eigenvalue weighted by Crippen LogP contribution is -2.23. The van der Waals surface area contributed by atoms with Gasteiger partial charge in [0, 0.05) is 31.0 Å². The molecule has 178 valence electrons. The molecule has 1 amide bonds. The Hall–Kier alpha value is -3.64. The zero-order chi connectivity index (χ0) is 24.1. The Labute approximate surface area is 198 Å². The summed E-state index contributed by atoms with van der Waals surface area (Å²) in [5, 5.41) is 16.4. The van der Waals surface area contributed by atoms with Crippen molar-refractivity contribution in [2.45, 2.75) is 52.2 Å². The number of aromatic nitrogens is 3. The largest absolute Gasteiger partial charge is 0.493 e. The number of ether oxygens (including phenoxy) is 3. The van der Waals surface area contributed by atoms with Gasteiger partial charge in [-0.2, -0.15) is 10.4 Å². The van der Waals surface area contributed by atoms with E-state index in [1.54, 1.807) is 11.6 Å². The molecule has 4 rings (SSSR count). The normalized spacial score (nSPS) is 15.3. The number of carbonyl (C=O) groups excluding carboxylic acids is 1. The highest BCUT2D eigenvalue weighted by Gasteiger charge is 2.18. The van der Waals surface area contributed by atoms with Crippen LogP contribution in [0.4, 0.5) is 0 Å². The molecule has 1 unspecified atom stereocenters. The Bertz CT molecular complexity index is 1220. The van der Waals surface area contributed by atoms with Crippen LogP contribution in [0.1, 0.15) is 47.3 Å². The van der Waals surface area contributed by atoms with Crippen molar-refractivity contribution < 1.29 is 19.0 Å². The number of aryl methyl sites for hydroxylation is 2. The average Bonchev–Trinajstić information content (AvgIpc) is 3.51. The molecule has 1 saturated heterocycles. The monoisotopic (exact) mass is 463 g/mol. The summed E-state index contributed by atoms with van der Waals surface area (Å²) in [7, 11) is 1.60. The number of hydrogen-bond acceptors (Lipinski definition) is 7. The Morgan fingerprint density at radius 1 is 1.35 bits per heavy atom. The molecule has 34 heavy (non-hydrogen) atoms. The van der Waals surface area contributed by atoms with Gasteiger partial charge in [-0.25, -0.2) is 9.50 Å². The van der Waals surface area contributed by atoms with E-state index in [0.717, 1.165) is 42.0 Å². The number of methoxy groups -OCH3 is 1. The lowest BCUT2D eigenvalue weighted by Gasteiger charge is -2.15. The molecule has 1 N–H and O–H groups in total. The summed E-state index contributed by atoms with van der Waals surface area (Å²) in [5.41, 5.74) is 4.56. The van der Waals surface area contributed by atoms with E-state index in [9.17, 15) is 10.1 Å². The van der Waals surface area contributed by atoms with Crippen LogP contribution < -0.4 is 14.8 Å². The second-order valence-electron chi connectivity index (χ2n) is 8.37. The maximum atomic E-state index is 12.5. The lowest BCUT2D eigenvalue weighted by atomic mass is 10.1. The molecule has 0 radical (unpaired) electrons. The molecule has 0 saturated carbocycles. The summed E-state index contributed by atoms with van der Waals surface area (Å²) in [4.78, 5) is 17.0. The molecule has 0 aliphatic carbocycles. The van der Waals surface area contributed by atoms with Crippen molar-refractivity contribution in [2.75, 3.05) is 20.3 Å². The van der Waals surface area contributed by atoms with Gasteiger partial charge >= 0.3 is 0 Å². The van der Waals surface area contributed by atoms with Gasteiger partial charge in [0.1, 0.15) is 18.2 Å². The first-order valence-electron chi connectivity index (χ1n) is 11.4. The molecule has 0 spiro atoms. The molecule has 9 heteroatoms. The molecule has 1 aromatic carbocycles. The maximum Gasteiger partial charge on any atom is 0.220 e. The lowest BCUT2D eigenvalue weighted by molar-refractivity contribution is -0.121. The first-order valence-corrected chi connectivity index (χ1v) is 11.4. The number of rotatable bonds is 9. The second kappa shape index (κ2) is 10.5. The maximum absolute atomic E-state index is 12.5. The van der Waals surface area contributed by atoms with Crippen molar-refractivity contribution in [3.63, 3.8) is 0 Å². The van der Waals surface area contributed by atoms with Crippen molar-refractivity contribution in [1.29, 1.82) is 5.26 Å². The first-order chi connectivity index (χ1) is 16.5. The van der Waals surface area contributed by atoms with Gasteiger partial charge in [-0.3, -0.25) is 4.79 Å². The van der Waals surface area contributed by atoms with Crippen molar-refractivity contribution >= 4 is 11.6 Å². The summed E-state index contributed by atoms with van der Waals surface area (Å²) in [6, 6.07) is 7.77. The summed E-state index contributed by atoms with van der Waals surface area (Å²) in [5.74, 6) is 1.24. The van der Waals surface area contributed by atoms with Gasteiger partial charge in [0.2, 0.25) is 5.91 Å². The van der Waals surface area contributed by atoms with E-state index in [0.29, 0.717) is 48.7 Å². The highest BCUT2D eigenvalue weighted by molar-refractivity contribution is 5.76. The van der Waals surface area contributed by atoms with Crippen molar-refractivity contribution in [1.82, 2.24) is 19.9 Å². The zero-order valence-corrected chi connectivity index (χ0v) is 19.8. The molecule has 3 heterocycles. The minimum atomic E-state index is -0.0604. The molecule has 1 aliphatic rings. The standard InChI is InChI=1S/C25H29N5O4/c1-16-21(17(2)30-25(29-16)19(12-26)14-28-30)7-9-24(31)27-13-18-6-8-22(23(11-18)32-3)34-15-20-5-4-10-33-20/h6,8,11,14,20H,4-5,7,9-10,13,15H2,1-3H3,(H,27,31). The number of carbonyl (C=O) groups is 1. The van der Waals surface area contributed by atoms with Crippen LogP contribution in [0.15, 0.2) is 24.4 Å². The number of nitrogens with zero attached hydrogens (tertiary/aromatic N) is 4. The molecule has 0 bridgehead atoms. The zero-order valence-electron chi connectivity index (χ0n) is 19.8. The second-order valence-corrected chi connectivity index (χ2v) is 8.37. The molecular formula is C25H29N5O4. The number of nitriles is 1. The molecule has 1 fully saturated rings. The topological polar surface area (TPSA) is 111 Å². The predicted octanol–water partition coefficient (Wildman–Crippen LogP) is 3.03. The van der Waals surface area contributed by atoms with Crippen LogP contribution in [0.2, 0.25) is 0 Å². The first kappa shape index (κ1) is 23.5. The van der Waals surface area contributed by atoms with Crippen LogP contribution in [-0.2, 0) is 22.5 Å². The molecule has 1 aliphatic heterocycles. The Morgan fingerprint density at radius 2 is 2.21 bits per heavy atom. The fourth-order valence-corrected chi connectivity index (χ4v) is 4.18. The third-order valence-corrected chi connectivity index (χ3v) is 6.10. The third kappa shape index (κ3) is 5.13. The summed E-state index contributed by atoms with van der Waals surface area (Å²) < 4.78 is 18.6. The highest BCUT2D eigenvalue weighted by atomic mass is 16.5. The van der Waals surface area contributed by atoms with Crippen LogP contribution >= 0.6 is 0 Å². The minimum absolute atomic E-state index is 0.0604. The van der Waals surface area contributed by atoms with Crippen LogP contribution in [-0.4, -0.2) is 46.9 Å². The average molecular weight is 464 g/mol. The van der Waals surface area contributed by atoms with E-state index in [4.69, 9.17) is 14.2 Å². The van der Waals surface area contributed by atoms with Crippen molar-refractivity contribution in [2.24, 2.45) is 0 Å².